The van der Waals surface area contributed by atoms with Crippen molar-refractivity contribution < 1.29 is 13.9 Å². The van der Waals surface area contributed by atoms with Crippen LogP contribution in [0.1, 0.15) is 37.6 Å². The SMILES string of the molecule is CO[C@@]1(C)C[C@H](N(C)C(=O)c2ccc(-c3n[nH]c(=S)o3)cc2)C1(C)C. The van der Waals surface area contributed by atoms with E-state index < -0.39 is 0 Å². The van der Waals surface area contributed by atoms with E-state index in [2.05, 4.69) is 31.0 Å². The Morgan fingerprint density at radius 2 is 2.00 bits per heavy atom. The molecule has 0 spiro atoms. The maximum absolute atomic E-state index is 12.8. The highest BCUT2D eigenvalue weighted by atomic mass is 32.1. The predicted molar refractivity (Wildman–Crippen MR) is 96.8 cm³/mol. The second-order valence-corrected chi connectivity index (χ2v) is 7.66. The molecule has 2 aromatic rings. The van der Waals surface area contributed by atoms with Gasteiger partial charge in [0.15, 0.2) is 0 Å². The van der Waals surface area contributed by atoms with Crippen LogP contribution in [-0.4, -0.2) is 46.8 Å². The number of ether oxygens (including phenoxy) is 1. The van der Waals surface area contributed by atoms with Crippen LogP contribution in [0.3, 0.4) is 0 Å². The minimum Gasteiger partial charge on any atom is -0.409 e. The van der Waals surface area contributed by atoms with Crippen LogP contribution in [0, 0.1) is 10.3 Å². The summed E-state index contributed by atoms with van der Waals surface area (Å²) in [6.07, 6.45) is 0.824. The Morgan fingerprint density at radius 1 is 1.36 bits per heavy atom. The molecule has 6 nitrogen and oxygen atoms in total. The lowest BCUT2D eigenvalue weighted by Crippen LogP contribution is -2.68. The highest BCUT2D eigenvalue weighted by Gasteiger charge is 2.59. The van der Waals surface area contributed by atoms with E-state index in [1.807, 2.05) is 11.9 Å². The van der Waals surface area contributed by atoms with Crippen LogP contribution < -0.4 is 0 Å². The molecule has 1 aromatic heterocycles. The number of H-pyrrole nitrogens is 1. The van der Waals surface area contributed by atoms with Gasteiger partial charge in [-0.3, -0.25) is 4.79 Å². The van der Waals surface area contributed by atoms with E-state index in [0.29, 0.717) is 11.5 Å². The molecule has 1 aliphatic rings. The van der Waals surface area contributed by atoms with E-state index >= 15 is 0 Å². The van der Waals surface area contributed by atoms with Crippen molar-refractivity contribution in [2.75, 3.05) is 14.2 Å². The van der Waals surface area contributed by atoms with Gasteiger partial charge in [0.25, 0.3) is 10.7 Å². The van der Waals surface area contributed by atoms with Crippen LogP contribution in [0.15, 0.2) is 28.7 Å². The molecule has 0 unspecified atom stereocenters. The van der Waals surface area contributed by atoms with E-state index in [9.17, 15) is 4.79 Å². The van der Waals surface area contributed by atoms with Gasteiger partial charge in [0, 0.05) is 36.7 Å². The van der Waals surface area contributed by atoms with Gasteiger partial charge < -0.3 is 14.1 Å². The van der Waals surface area contributed by atoms with Crippen molar-refractivity contribution in [3.8, 4) is 11.5 Å². The molecule has 1 amide bonds. The van der Waals surface area contributed by atoms with Crippen LogP contribution in [-0.2, 0) is 4.74 Å². The number of rotatable bonds is 4. The molecule has 134 valence electrons. The van der Waals surface area contributed by atoms with Gasteiger partial charge in [-0.25, -0.2) is 5.10 Å². The molecule has 0 bridgehead atoms. The predicted octanol–water partition coefficient (Wildman–Crippen LogP) is 3.67. The molecule has 1 aromatic carbocycles. The first-order valence-corrected chi connectivity index (χ1v) is 8.59. The molecule has 0 radical (unpaired) electrons. The summed E-state index contributed by atoms with van der Waals surface area (Å²) in [7, 11) is 3.58. The number of aromatic amines is 1. The molecule has 1 saturated carbocycles. The molecule has 1 fully saturated rings. The smallest absolute Gasteiger partial charge is 0.284 e. The molecule has 2 atom stereocenters. The Bertz CT molecular complexity index is 840. The first kappa shape index (κ1) is 17.8. The van der Waals surface area contributed by atoms with Crippen molar-refractivity contribution >= 4 is 18.1 Å². The molecular weight excluding hydrogens is 338 g/mol. The molecule has 1 heterocycles. The third-order valence-corrected chi connectivity index (χ3v) is 6.01. The number of nitrogens with one attached hydrogen (secondary N) is 1. The Morgan fingerprint density at radius 3 is 2.48 bits per heavy atom. The van der Waals surface area contributed by atoms with Crippen LogP contribution in [0.25, 0.3) is 11.5 Å². The first-order valence-electron chi connectivity index (χ1n) is 8.18. The highest BCUT2D eigenvalue weighted by Crippen LogP contribution is 2.53. The topological polar surface area (TPSA) is 71.4 Å². The summed E-state index contributed by atoms with van der Waals surface area (Å²) in [5, 5.41) is 6.57. The Balaban J connectivity index is 1.76. The zero-order valence-electron chi connectivity index (χ0n) is 15.1. The second kappa shape index (κ2) is 6.07. The highest BCUT2D eigenvalue weighted by molar-refractivity contribution is 7.71. The van der Waals surface area contributed by atoms with Gasteiger partial charge >= 0.3 is 0 Å². The summed E-state index contributed by atoms with van der Waals surface area (Å²) < 4.78 is 10.9. The monoisotopic (exact) mass is 361 g/mol. The molecule has 0 aliphatic heterocycles. The van der Waals surface area contributed by atoms with Crippen LogP contribution in [0.2, 0.25) is 0 Å². The molecular formula is C18H23N3O3S. The molecule has 0 saturated heterocycles. The zero-order chi connectivity index (χ0) is 18.4. The average molecular weight is 361 g/mol. The molecule has 1 aliphatic carbocycles. The van der Waals surface area contributed by atoms with Gasteiger partial charge in [0.1, 0.15) is 0 Å². The fraction of sp³-hybridized carbons (Fsp3) is 0.500. The second-order valence-electron chi connectivity index (χ2n) is 7.29. The summed E-state index contributed by atoms with van der Waals surface area (Å²) >= 11 is 4.88. The van der Waals surface area contributed by atoms with E-state index in [1.165, 1.54) is 0 Å². The third-order valence-electron chi connectivity index (χ3n) is 5.83. The quantitative estimate of drug-likeness (QED) is 0.841. The van der Waals surface area contributed by atoms with Gasteiger partial charge in [0.05, 0.1) is 5.60 Å². The number of aromatic nitrogens is 2. The van der Waals surface area contributed by atoms with Gasteiger partial charge in [-0.05, 0) is 49.8 Å². The summed E-state index contributed by atoms with van der Waals surface area (Å²) in [6, 6.07) is 7.31. The van der Waals surface area contributed by atoms with Gasteiger partial charge in [-0.1, -0.05) is 13.8 Å². The maximum Gasteiger partial charge on any atom is 0.284 e. The van der Waals surface area contributed by atoms with Crippen molar-refractivity contribution in [3.63, 3.8) is 0 Å². The van der Waals surface area contributed by atoms with E-state index in [1.54, 1.807) is 31.4 Å². The zero-order valence-corrected chi connectivity index (χ0v) is 15.9. The van der Waals surface area contributed by atoms with Crippen molar-refractivity contribution in [2.45, 2.75) is 38.8 Å². The summed E-state index contributed by atoms with van der Waals surface area (Å²) in [5.74, 6) is 0.402. The maximum atomic E-state index is 12.8. The van der Waals surface area contributed by atoms with Crippen molar-refractivity contribution in [1.29, 1.82) is 0 Å². The molecule has 3 rings (SSSR count). The van der Waals surface area contributed by atoms with Gasteiger partial charge in [-0.15, -0.1) is 5.10 Å². The number of carbonyl (C=O) groups excluding carboxylic acids is 1. The molecule has 25 heavy (non-hydrogen) atoms. The molecule has 1 N–H and O–H groups in total. The lowest BCUT2D eigenvalue weighted by molar-refractivity contribution is -0.198. The van der Waals surface area contributed by atoms with Crippen molar-refractivity contribution in [1.82, 2.24) is 15.1 Å². The van der Waals surface area contributed by atoms with E-state index in [-0.39, 0.29) is 27.8 Å². The van der Waals surface area contributed by atoms with Crippen LogP contribution in [0.4, 0.5) is 0 Å². The minimum absolute atomic E-state index is 0.00861. The number of amides is 1. The standard InChI is InChI=1S/C18H23N3O3S/c1-17(2)13(10-18(17,3)23-5)21(4)15(22)12-8-6-11(7-9-12)14-19-20-16(25)24-14/h6-9,13H,10H2,1-5H3,(H,20,25)/t13-,18-/m0/s1. The van der Waals surface area contributed by atoms with Gasteiger partial charge in [-0.2, -0.15) is 0 Å². The van der Waals surface area contributed by atoms with Crippen molar-refractivity contribution in [2.24, 2.45) is 5.41 Å². The number of benzene rings is 1. The number of carbonyl (C=O) groups is 1. The number of hydrogen-bond acceptors (Lipinski definition) is 5. The summed E-state index contributed by atoms with van der Waals surface area (Å²) in [4.78, 5) is 14.9. The van der Waals surface area contributed by atoms with E-state index in [4.69, 9.17) is 21.4 Å². The lowest BCUT2D eigenvalue weighted by Gasteiger charge is -2.61. The Kier molecular flexibility index (Phi) is 4.33. The normalized spacial score (nSPS) is 24.6. The number of hydrogen-bond donors (Lipinski definition) is 1. The number of nitrogens with zero attached hydrogens (tertiary/aromatic N) is 2. The van der Waals surface area contributed by atoms with Crippen molar-refractivity contribution in [3.05, 3.63) is 34.7 Å². The molecule has 7 heteroatoms. The number of methoxy groups -OCH3 is 1. The fourth-order valence-corrected chi connectivity index (χ4v) is 3.65. The Labute approximate surface area is 152 Å². The van der Waals surface area contributed by atoms with Crippen LogP contribution in [0.5, 0.6) is 0 Å². The minimum atomic E-state index is -0.209. The van der Waals surface area contributed by atoms with Gasteiger partial charge in [0.2, 0.25) is 5.89 Å². The first-order chi connectivity index (χ1) is 11.7. The summed E-state index contributed by atoms with van der Waals surface area (Å²) in [6.45, 7) is 6.38. The average Bonchev–Trinajstić information content (AvgIpc) is 3.04. The van der Waals surface area contributed by atoms with Crippen LogP contribution >= 0.6 is 12.2 Å². The lowest BCUT2D eigenvalue weighted by atomic mass is 9.55. The fourth-order valence-electron chi connectivity index (χ4n) is 3.53. The Hall–Kier alpha value is -1.99. The largest absolute Gasteiger partial charge is 0.409 e. The third kappa shape index (κ3) is 2.81. The summed E-state index contributed by atoms with van der Waals surface area (Å²) in [5.41, 5.74) is 1.07. The van der Waals surface area contributed by atoms with E-state index in [0.717, 1.165) is 12.0 Å².